The molecule has 0 amide bonds. The molecule has 0 spiro atoms. The maximum atomic E-state index is 1.54. The summed E-state index contributed by atoms with van der Waals surface area (Å²) in [7, 11) is 0. The maximum absolute atomic E-state index is 1.54. The molecule has 0 nitrogen and oxygen atoms in total. The van der Waals surface area contributed by atoms with Crippen LogP contribution < -0.4 is 0 Å². The summed E-state index contributed by atoms with van der Waals surface area (Å²) in [6.45, 7) is 0. The molecule has 1 rings (SSSR count). The summed E-state index contributed by atoms with van der Waals surface area (Å²) >= 11 is 1.51. The van der Waals surface area contributed by atoms with Crippen LogP contribution in [0.4, 0.5) is 0 Å². The van der Waals surface area contributed by atoms with E-state index in [0.717, 1.165) is 0 Å². The molecule has 0 N–H and O–H groups in total. The SMILES string of the molecule is [In][CH]1CCCCC1. The molecular weight excluding hydrogens is 187 g/mol. The minimum atomic E-state index is 1.17. The Bertz CT molecular complexity index is 46.1. The second-order valence-electron chi connectivity index (χ2n) is 2.40. The van der Waals surface area contributed by atoms with Gasteiger partial charge >= 0.3 is 60.2 Å². The van der Waals surface area contributed by atoms with Crippen molar-refractivity contribution in [2.24, 2.45) is 0 Å². The molecule has 1 aliphatic rings. The normalized spacial score (nSPS) is 25.1. The molecule has 1 heteroatoms. The molecule has 0 heterocycles. The van der Waals surface area contributed by atoms with E-state index in [9.17, 15) is 0 Å². The van der Waals surface area contributed by atoms with Gasteiger partial charge in [-0.2, -0.15) is 0 Å². The molecule has 0 aromatic rings. The molecule has 0 atom stereocenters. The standard InChI is InChI=1S/C6H11.In/c1-2-4-6-5-3-1;/h1H,2-6H2;. The van der Waals surface area contributed by atoms with Crippen molar-refractivity contribution in [2.75, 3.05) is 0 Å². The zero-order valence-electron chi connectivity index (χ0n) is 4.69. The van der Waals surface area contributed by atoms with Gasteiger partial charge in [-0.1, -0.05) is 0 Å². The molecule has 0 bridgehead atoms. The van der Waals surface area contributed by atoms with E-state index >= 15 is 0 Å². The number of hydrogen-bond acceptors (Lipinski definition) is 0. The summed E-state index contributed by atoms with van der Waals surface area (Å²) in [6.07, 6.45) is 7.64. The second kappa shape index (κ2) is 3.01. The topological polar surface area (TPSA) is 0 Å². The Hall–Kier alpha value is 0.870. The van der Waals surface area contributed by atoms with E-state index in [1.807, 2.05) is 0 Å². The summed E-state index contributed by atoms with van der Waals surface area (Å²) in [6, 6.07) is 0. The van der Waals surface area contributed by atoms with Gasteiger partial charge in [0.15, 0.2) is 0 Å². The van der Waals surface area contributed by atoms with Crippen LogP contribution in [0.15, 0.2) is 0 Å². The fourth-order valence-electron chi connectivity index (χ4n) is 1.13. The van der Waals surface area contributed by atoms with Crippen LogP contribution in [0, 0.1) is 0 Å². The van der Waals surface area contributed by atoms with Crippen molar-refractivity contribution in [1.29, 1.82) is 0 Å². The summed E-state index contributed by atoms with van der Waals surface area (Å²) in [5.41, 5.74) is 0. The van der Waals surface area contributed by atoms with Crippen molar-refractivity contribution in [3.63, 3.8) is 0 Å². The van der Waals surface area contributed by atoms with E-state index in [0.29, 0.717) is 0 Å². The van der Waals surface area contributed by atoms with E-state index in [1.54, 1.807) is 12.8 Å². The zero-order valence-corrected chi connectivity index (χ0v) is 7.99. The number of hydrogen-bond donors (Lipinski definition) is 0. The Morgan fingerprint density at radius 2 is 1.57 bits per heavy atom. The van der Waals surface area contributed by atoms with Gasteiger partial charge in [0.1, 0.15) is 0 Å². The predicted octanol–water partition coefficient (Wildman–Crippen LogP) is 1.91. The van der Waals surface area contributed by atoms with E-state index in [4.69, 9.17) is 0 Å². The monoisotopic (exact) mass is 198 g/mol. The molecule has 0 aromatic carbocycles. The average Bonchev–Trinajstić information content (AvgIpc) is 1.69. The van der Waals surface area contributed by atoms with E-state index < -0.39 is 0 Å². The van der Waals surface area contributed by atoms with Crippen LogP contribution in [0.2, 0.25) is 3.67 Å². The van der Waals surface area contributed by atoms with Crippen LogP contribution in [-0.2, 0) is 0 Å². The van der Waals surface area contributed by atoms with Crippen molar-refractivity contribution in [3.05, 3.63) is 0 Å². The third kappa shape index (κ3) is 2.07. The van der Waals surface area contributed by atoms with Crippen molar-refractivity contribution in [3.8, 4) is 0 Å². The van der Waals surface area contributed by atoms with Crippen molar-refractivity contribution in [1.82, 2.24) is 0 Å². The quantitative estimate of drug-likeness (QED) is 0.557. The Kier molecular flexibility index (Phi) is 2.58. The molecule has 1 aliphatic carbocycles. The first-order chi connectivity index (χ1) is 3.39. The molecule has 1 saturated carbocycles. The average molecular weight is 198 g/mol. The first kappa shape index (κ1) is 6.00. The molecular formula is C6H11In. The summed E-state index contributed by atoms with van der Waals surface area (Å²) in [4.78, 5) is 0. The first-order valence-electron chi connectivity index (χ1n) is 3.15. The molecule has 0 unspecified atom stereocenters. The van der Waals surface area contributed by atoms with Crippen LogP contribution in [0.3, 0.4) is 0 Å². The molecule has 1 fully saturated rings. The van der Waals surface area contributed by atoms with Crippen LogP contribution >= 0.6 is 0 Å². The van der Waals surface area contributed by atoms with Crippen LogP contribution in [0.25, 0.3) is 0 Å². The second-order valence-corrected chi connectivity index (χ2v) is 5.09. The number of rotatable bonds is 0. The predicted molar refractivity (Wildman–Crippen MR) is 32.6 cm³/mol. The third-order valence-corrected chi connectivity index (χ3v) is 3.55. The van der Waals surface area contributed by atoms with E-state index in [-0.39, 0.29) is 0 Å². The van der Waals surface area contributed by atoms with E-state index in [2.05, 4.69) is 0 Å². The fourth-order valence-corrected chi connectivity index (χ4v) is 2.48. The molecule has 38 valence electrons. The van der Waals surface area contributed by atoms with Gasteiger partial charge in [-0.3, -0.25) is 0 Å². The zero-order chi connectivity index (χ0) is 5.11. The van der Waals surface area contributed by atoms with Gasteiger partial charge in [0.25, 0.3) is 0 Å². The van der Waals surface area contributed by atoms with Crippen LogP contribution in [0.1, 0.15) is 32.1 Å². The summed E-state index contributed by atoms with van der Waals surface area (Å²) < 4.78 is 1.17. The third-order valence-electron chi connectivity index (χ3n) is 1.65. The van der Waals surface area contributed by atoms with Crippen molar-refractivity contribution < 1.29 is 0 Å². The van der Waals surface area contributed by atoms with Gasteiger partial charge in [-0.25, -0.2) is 0 Å². The van der Waals surface area contributed by atoms with Gasteiger partial charge in [0, 0.05) is 0 Å². The molecule has 0 saturated heterocycles. The van der Waals surface area contributed by atoms with Crippen molar-refractivity contribution in [2.45, 2.75) is 35.8 Å². The van der Waals surface area contributed by atoms with Gasteiger partial charge in [-0.05, 0) is 0 Å². The van der Waals surface area contributed by atoms with Gasteiger partial charge in [0.2, 0.25) is 0 Å². The van der Waals surface area contributed by atoms with Gasteiger partial charge in [-0.15, -0.1) is 0 Å². The fraction of sp³-hybridized carbons (Fsp3) is 1.00. The molecule has 2 radical (unpaired) electrons. The summed E-state index contributed by atoms with van der Waals surface area (Å²) in [5, 5.41) is 0. The Morgan fingerprint density at radius 1 is 1.00 bits per heavy atom. The van der Waals surface area contributed by atoms with Gasteiger partial charge < -0.3 is 0 Å². The Balaban J connectivity index is 2.12. The molecule has 0 aromatic heterocycles. The Morgan fingerprint density at radius 3 is 1.86 bits per heavy atom. The molecule has 7 heavy (non-hydrogen) atoms. The van der Waals surface area contributed by atoms with Crippen molar-refractivity contribution >= 4 is 24.4 Å². The van der Waals surface area contributed by atoms with Gasteiger partial charge in [0.05, 0.1) is 0 Å². The van der Waals surface area contributed by atoms with E-state index in [1.165, 1.54) is 47.3 Å². The first-order valence-corrected chi connectivity index (χ1v) is 5.05. The van der Waals surface area contributed by atoms with Crippen LogP contribution in [-0.4, -0.2) is 24.4 Å². The Labute approximate surface area is 60.3 Å². The molecule has 0 aliphatic heterocycles. The summed E-state index contributed by atoms with van der Waals surface area (Å²) in [5.74, 6) is 0. The van der Waals surface area contributed by atoms with Crippen LogP contribution in [0.5, 0.6) is 0 Å². The minimum absolute atomic E-state index is 1.17.